The summed E-state index contributed by atoms with van der Waals surface area (Å²) in [5.41, 5.74) is 2.20. The maximum atomic E-state index is 10.1. The quantitative estimate of drug-likeness (QED) is 0.549. The monoisotopic (exact) mass is 350 g/mol. The van der Waals surface area contributed by atoms with Crippen LogP contribution in [0.25, 0.3) is 0 Å². The Balaban J connectivity index is 0.000000511. The lowest BCUT2D eigenvalue weighted by molar-refractivity contribution is 0.405. The van der Waals surface area contributed by atoms with E-state index in [9.17, 15) is 5.26 Å². The lowest BCUT2D eigenvalue weighted by Crippen LogP contribution is -2.27. The normalized spacial score (nSPS) is 10.1. The van der Waals surface area contributed by atoms with Gasteiger partial charge in [0.25, 0.3) is 0 Å². The highest BCUT2D eigenvalue weighted by Crippen LogP contribution is 2.38. The highest BCUT2D eigenvalue weighted by Gasteiger charge is 2.36. The molecule has 0 aromatic heterocycles. The number of rotatable bonds is 3. The van der Waals surface area contributed by atoms with Crippen LogP contribution < -0.4 is 0 Å². The molecule has 4 nitrogen and oxygen atoms in total. The Kier molecular flexibility index (Phi) is 6.56. The molecule has 0 aliphatic carbocycles. The number of hydrogen-bond acceptors (Lipinski definition) is 2. The first-order chi connectivity index (χ1) is 12.1. The van der Waals surface area contributed by atoms with E-state index in [2.05, 4.69) is 6.07 Å². The first-order valence-corrected chi connectivity index (χ1v) is 8.70. The van der Waals surface area contributed by atoms with Gasteiger partial charge in [0.05, 0.1) is 6.07 Å². The molecule has 0 amide bonds. The van der Waals surface area contributed by atoms with E-state index in [0.29, 0.717) is 0 Å². The van der Waals surface area contributed by atoms with E-state index in [4.69, 9.17) is 14.4 Å². The van der Waals surface area contributed by atoms with Crippen LogP contribution in [0.3, 0.4) is 0 Å². The van der Waals surface area contributed by atoms with Crippen molar-refractivity contribution in [2.24, 2.45) is 0 Å². The molecule has 3 aromatic rings. The van der Waals surface area contributed by atoms with Crippen molar-refractivity contribution < 1.29 is 14.4 Å². The van der Waals surface area contributed by atoms with Gasteiger partial charge in [0.1, 0.15) is 5.41 Å². The van der Waals surface area contributed by atoms with E-state index in [1.54, 1.807) is 0 Å². The molecular weight excluding hydrogens is 333 g/mol. The molecule has 3 rings (SSSR count). The van der Waals surface area contributed by atoms with Crippen molar-refractivity contribution >= 4 is 8.25 Å². The van der Waals surface area contributed by atoms with Crippen molar-refractivity contribution in [3.05, 3.63) is 108 Å². The molecule has 3 aromatic carbocycles. The van der Waals surface area contributed by atoms with E-state index in [1.165, 1.54) is 0 Å². The third-order valence-electron chi connectivity index (χ3n) is 3.79. The fraction of sp³-hybridized carbons (Fsp3) is 0.0500. The predicted molar refractivity (Wildman–Crippen MR) is 96.9 cm³/mol. The maximum absolute atomic E-state index is 10.1. The molecule has 0 atom stereocenters. The van der Waals surface area contributed by atoms with Crippen LogP contribution in [0.1, 0.15) is 16.7 Å². The Bertz CT molecular complexity index is 746. The van der Waals surface area contributed by atoms with Crippen molar-refractivity contribution in [2.45, 2.75) is 5.41 Å². The summed E-state index contributed by atoms with van der Waals surface area (Å²) < 4.78 is 8.70. The Morgan fingerprint density at radius 1 is 0.680 bits per heavy atom. The zero-order chi connectivity index (χ0) is 18.1. The average Bonchev–Trinajstić information content (AvgIpc) is 2.65. The van der Waals surface area contributed by atoms with Crippen LogP contribution in [-0.2, 0) is 9.98 Å². The minimum absolute atomic E-state index is 0.774. The Hall–Kier alpha value is -2.83. The highest BCUT2D eigenvalue weighted by molar-refractivity contribution is 7.30. The molecule has 0 saturated heterocycles. The Morgan fingerprint density at radius 2 is 0.920 bits per heavy atom. The van der Waals surface area contributed by atoms with E-state index < -0.39 is 13.7 Å². The minimum atomic E-state index is -2.87. The summed E-state index contributed by atoms with van der Waals surface area (Å²) in [7, 11) is -2.87. The second kappa shape index (κ2) is 8.86. The van der Waals surface area contributed by atoms with Crippen LogP contribution in [0.4, 0.5) is 0 Å². The summed E-state index contributed by atoms with van der Waals surface area (Å²) in [4.78, 5) is 14.2. The van der Waals surface area contributed by atoms with Gasteiger partial charge in [-0.15, -0.1) is 9.79 Å². The van der Waals surface area contributed by atoms with Gasteiger partial charge in [0.15, 0.2) is 0 Å². The molecule has 0 heterocycles. The molecule has 0 fully saturated rings. The summed E-state index contributed by atoms with van der Waals surface area (Å²) in [5, 5.41) is 10.1. The van der Waals surface area contributed by atoms with Gasteiger partial charge in [0.2, 0.25) is 0 Å². The molecule has 2 N–H and O–H groups in total. The summed E-state index contributed by atoms with van der Waals surface area (Å²) in [6, 6.07) is 32.5. The van der Waals surface area contributed by atoms with E-state index >= 15 is 0 Å². The SMILES string of the molecule is N#CC(c1ccccc1)(c1ccccc1)c1ccccc1.O=[P+](O)O. The van der Waals surface area contributed by atoms with Crippen LogP contribution in [0.2, 0.25) is 0 Å². The third kappa shape index (κ3) is 4.37. The van der Waals surface area contributed by atoms with Crippen molar-refractivity contribution in [3.8, 4) is 6.07 Å². The molecular formula is C20H17NO3P+. The van der Waals surface area contributed by atoms with Crippen LogP contribution in [0, 0.1) is 11.3 Å². The first kappa shape index (κ1) is 18.5. The maximum Gasteiger partial charge on any atom is 0.692 e. The zero-order valence-electron chi connectivity index (χ0n) is 13.4. The number of nitriles is 1. The summed E-state index contributed by atoms with van der Waals surface area (Å²) >= 11 is 0. The van der Waals surface area contributed by atoms with Crippen molar-refractivity contribution in [1.29, 1.82) is 5.26 Å². The van der Waals surface area contributed by atoms with Gasteiger partial charge in [-0.25, -0.2) is 0 Å². The third-order valence-corrected chi connectivity index (χ3v) is 3.79. The first-order valence-electron chi connectivity index (χ1n) is 7.54. The Labute approximate surface area is 147 Å². The van der Waals surface area contributed by atoms with E-state index in [1.807, 2.05) is 91.0 Å². The molecule has 0 radical (unpaired) electrons. The standard InChI is InChI=1S/C20H15N.HO3P/c21-16-20(17-10-4-1-5-11-17,18-12-6-2-7-13-18)19-14-8-3-9-15-19;1-4(2)3/h1-15H;(H-,1,2,3)/p+1. The fourth-order valence-electron chi connectivity index (χ4n) is 2.76. The molecule has 0 aliphatic heterocycles. The average molecular weight is 350 g/mol. The number of hydrogen-bond donors (Lipinski definition) is 2. The number of nitrogens with zero attached hydrogens (tertiary/aromatic N) is 1. The minimum Gasteiger partial charge on any atom is -0.197 e. The van der Waals surface area contributed by atoms with E-state index in [-0.39, 0.29) is 0 Å². The van der Waals surface area contributed by atoms with Gasteiger partial charge in [0, 0.05) is 4.57 Å². The van der Waals surface area contributed by atoms with Crippen LogP contribution in [-0.4, -0.2) is 9.79 Å². The van der Waals surface area contributed by atoms with Crippen LogP contribution in [0.15, 0.2) is 91.0 Å². The number of benzene rings is 3. The highest BCUT2D eigenvalue weighted by atomic mass is 31.1. The molecule has 124 valence electrons. The topological polar surface area (TPSA) is 81.3 Å². The summed E-state index contributed by atoms with van der Waals surface area (Å²) in [6.07, 6.45) is 0. The van der Waals surface area contributed by atoms with Crippen LogP contribution in [0.5, 0.6) is 0 Å². The fourth-order valence-corrected chi connectivity index (χ4v) is 2.76. The van der Waals surface area contributed by atoms with Crippen LogP contribution >= 0.6 is 8.25 Å². The van der Waals surface area contributed by atoms with Crippen molar-refractivity contribution in [3.63, 3.8) is 0 Å². The van der Waals surface area contributed by atoms with Crippen molar-refractivity contribution in [2.75, 3.05) is 0 Å². The van der Waals surface area contributed by atoms with Gasteiger partial charge >= 0.3 is 8.25 Å². The van der Waals surface area contributed by atoms with Gasteiger partial charge in [-0.1, -0.05) is 91.0 Å². The molecule has 0 unspecified atom stereocenters. The second-order valence-corrected chi connectivity index (χ2v) is 5.72. The van der Waals surface area contributed by atoms with Gasteiger partial charge < -0.3 is 0 Å². The van der Waals surface area contributed by atoms with Gasteiger partial charge in [-0.3, -0.25) is 0 Å². The lowest BCUT2D eigenvalue weighted by atomic mass is 9.71. The Morgan fingerprint density at radius 3 is 1.12 bits per heavy atom. The molecule has 0 aliphatic rings. The molecule has 0 spiro atoms. The zero-order valence-corrected chi connectivity index (χ0v) is 14.3. The molecule has 25 heavy (non-hydrogen) atoms. The van der Waals surface area contributed by atoms with Gasteiger partial charge in [-0.2, -0.15) is 5.26 Å². The smallest absolute Gasteiger partial charge is 0.197 e. The predicted octanol–water partition coefficient (Wildman–Crippen LogP) is 4.17. The molecule has 0 bridgehead atoms. The van der Waals surface area contributed by atoms with E-state index in [0.717, 1.165) is 16.7 Å². The molecule has 0 saturated carbocycles. The summed E-state index contributed by atoms with van der Waals surface area (Å²) in [6.45, 7) is 0. The largest absolute Gasteiger partial charge is 0.692 e. The van der Waals surface area contributed by atoms with Gasteiger partial charge in [-0.05, 0) is 16.7 Å². The lowest BCUT2D eigenvalue weighted by Gasteiger charge is -2.28. The van der Waals surface area contributed by atoms with Crippen molar-refractivity contribution in [1.82, 2.24) is 0 Å². The second-order valence-electron chi connectivity index (χ2n) is 5.21. The molecule has 5 heteroatoms. The summed E-state index contributed by atoms with van der Waals surface area (Å²) in [5.74, 6) is 0.